The molecule has 0 amide bonds. The number of fused-ring (bicyclic) bond motifs is 6. The van der Waals surface area contributed by atoms with Crippen LogP contribution < -0.4 is 10.9 Å². The molecule has 0 spiro atoms. The average molecular weight is 484 g/mol. The minimum atomic E-state index is -0.960. The molecular formula is C30H38B2O4. The lowest BCUT2D eigenvalue weighted by Crippen LogP contribution is -2.49. The highest BCUT2D eigenvalue weighted by Gasteiger charge is 2.36. The van der Waals surface area contributed by atoms with Gasteiger partial charge in [-0.25, -0.2) is 0 Å². The Morgan fingerprint density at radius 3 is 1.17 bits per heavy atom. The summed E-state index contributed by atoms with van der Waals surface area (Å²) >= 11 is 0. The van der Waals surface area contributed by atoms with E-state index in [4.69, 9.17) is 9.31 Å². The summed E-state index contributed by atoms with van der Waals surface area (Å²) < 4.78 is 12.3. The average Bonchev–Trinajstić information content (AvgIpc) is 2.80. The van der Waals surface area contributed by atoms with E-state index >= 15 is 0 Å². The molecule has 2 N–H and O–H groups in total. The van der Waals surface area contributed by atoms with Gasteiger partial charge in [0.25, 0.3) is 0 Å². The fraction of sp³-hybridized carbons (Fsp3) is 0.400. The third-order valence-corrected chi connectivity index (χ3v) is 8.11. The number of aliphatic hydroxyl groups is 2. The molecule has 4 nitrogen and oxygen atoms in total. The first-order valence-corrected chi connectivity index (χ1v) is 12.7. The quantitative estimate of drug-likeness (QED) is 0.291. The van der Waals surface area contributed by atoms with Gasteiger partial charge in [-0.3, -0.25) is 0 Å². The zero-order valence-electron chi connectivity index (χ0n) is 22.9. The fourth-order valence-corrected chi connectivity index (χ4v) is 4.11. The van der Waals surface area contributed by atoms with E-state index < -0.39 is 22.4 Å². The van der Waals surface area contributed by atoms with Crippen LogP contribution in [0.3, 0.4) is 0 Å². The van der Waals surface area contributed by atoms with Crippen LogP contribution in [0, 0.1) is 0 Å². The van der Waals surface area contributed by atoms with E-state index in [1.165, 1.54) is 21.5 Å². The molecule has 4 aromatic carbocycles. The Morgan fingerprint density at radius 2 is 0.833 bits per heavy atom. The predicted molar refractivity (Wildman–Crippen MR) is 155 cm³/mol. The van der Waals surface area contributed by atoms with Crippen molar-refractivity contribution in [2.75, 3.05) is 0 Å². The number of hydrogen-bond donors (Lipinski definition) is 2. The van der Waals surface area contributed by atoms with E-state index in [0.29, 0.717) is 15.0 Å². The summed E-state index contributed by atoms with van der Waals surface area (Å²) in [6, 6.07) is 21.5. The Bertz CT molecular complexity index is 1300. The molecule has 0 radical (unpaired) electrons. The summed E-state index contributed by atoms with van der Waals surface area (Å²) in [5.41, 5.74) is -1.18. The van der Waals surface area contributed by atoms with E-state index in [1.54, 1.807) is 27.7 Å². The van der Waals surface area contributed by atoms with E-state index in [9.17, 15) is 10.2 Å². The maximum atomic E-state index is 10.5. The highest BCUT2D eigenvalue weighted by molar-refractivity contribution is 6.49. The van der Waals surface area contributed by atoms with Crippen LogP contribution in [0.1, 0.15) is 55.4 Å². The van der Waals surface area contributed by atoms with Crippen molar-refractivity contribution in [2.45, 2.75) is 77.8 Å². The number of hydrogen-bond acceptors (Lipinski definition) is 4. The molecule has 4 rings (SSSR count). The third-order valence-electron chi connectivity index (χ3n) is 8.11. The normalized spacial score (nSPS) is 13.5. The van der Waals surface area contributed by atoms with Gasteiger partial charge < -0.3 is 19.5 Å². The van der Waals surface area contributed by atoms with Gasteiger partial charge in [-0.05, 0) is 87.7 Å². The SMILES string of the molecule is CC(C)(O)C(C)(C)OBc1ccc2c3ccccc3c3ccc(BOC(C)(C)C(C)(C)O)cc3c2c1. The zero-order valence-corrected chi connectivity index (χ0v) is 22.9. The minimum absolute atomic E-state index is 0.407. The first-order chi connectivity index (χ1) is 16.6. The highest BCUT2D eigenvalue weighted by atomic mass is 16.5. The third kappa shape index (κ3) is 5.05. The monoisotopic (exact) mass is 484 g/mol. The maximum Gasteiger partial charge on any atom is 0.309 e. The molecule has 0 aromatic heterocycles. The first-order valence-electron chi connectivity index (χ1n) is 12.7. The van der Waals surface area contributed by atoms with Gasteiger partial charge in [0.1, 0.15) is 0 Å². The molecule has 0 heterocycles. The van der Waals surface area contributed by atoms with Crippen LogP contribution >= 0.6 is 0 Å². The Morgan fingerprint density at radius 1 is 0.500 bits per heavy atom. The van der Waals surface area contributed by atoms with Crippen molar-refractivity contribution in [1.82, 2.24) is 0 Å². The zero-order chi connectivity index (χ0) is 26.5. The predicted octanol–water partition coefficient (Wildman–Crippen LogP) is 4.23. The van der Waals surface area contributed by atoms with Gasteiger partial charge in [-0.2, -0.15) is 0 Å². The van der Waals surface area contributed by atoms with E-state index in [0.717, 1.165) is 21.7 Å². The minimum Gasteiger partial charge on any atom is -0.427 e. The molecule has 0 unspecified atom stereocenters. The molecule has 0 fully saturated rings. The van der Waals surface area contributed by atoms with Crippen LogP contribution in [-0.2, 0) is 9.31 Å². The van der Waals surface area contributed by atoms with Crippen molar-refractivity contribution in [1.29, 1.82) is 0 Å². The van der Waals surface area contributed by atoms with Gasteiger partial charge in [0, 0.05) is 0 Å². The molecule has 0 atom stereocenters. The van der Waals surface area contributed by atoms with Crippen molar-refractivity contribution in [3.63, 3.8) is 0 Å². The highest BCUT2D eigenvalue weighted by Crippen LogP contribution is 2.34. The molecule has 4 aromatic rings. The maximum absolute atomic E-state index is 10.5. The van der Waals surface area contributed by atoms with Crippen molar-refractivity contribution in [3.8, 4) is 0 Å². The molecule has 188 valence electrons. The van der Waals surface area contributed by atoms with Crippen molar-refractivity contribution in [2.24, 2.45) is 0 Å². The summed E-state index contributed by atoms with van der Waals surface area (Å²) in [6.45, 7) is 14.8. The fourth-order valence-electron chi connectivity index (χ4n) is 4.11. The molecule has 36 heavy (non-hydrogen) atoms. The van der Waals surface area contributed by atoms with Gasteiger partial charge >= 0.3 is 15.0 Å². The second-order valence-electron chi connectivity index (χ2n) is 12.0. The van der Waals surface area contributed by atoms with E-state index in [2.05, 4.69) is 60.7 Å². The standard InChI is InChI=1S/C30H38B2O4/c1-27(2,33)29(5,6)35-31-19-13-15-23-21-11-9-10-12-22(21)24-16-14-20(18-26(24)25(23)17-19)32-36-30(7,8)28(3,4)34/h9-18,31-34H,1-8H3. The van der Waals surface area contributed by atoms with Crippen molar-refractivity contribution >= 4 is 58.2 Å². The molecule has 0 aliphatic rings. The molecule has 0 aliphatic carbocycles. The number of rotatable bonds is 8. The summed E-state index contributed by atoms with van der Waals surface area (Å²) in [5, 5.41) is 28.1. The Hall–Kier alpha value is -2.37. The van der Waals surface area contributed by atoms with Crippen LogP contribution in [-0.4, -0.2) is 47.6 Å². The Labute approximate surface area is 216 Å². The van der Waals surface area contributed by atoms with Crippen LogP contribution in [0.15, 0.2) is 60.7 Å². The summed E-state index contributed by atoms with van der Waals surface area (Å²) in [6.07, 6.45) is 0. The van der Waals surface area contributed by atoms with Crippen molar-refractivity contribution < 1.29 is 19.5 Å². The Kier molecular flexibility index (Phi) is 6.81. The van der Waals surface area contributed by atoms with Gasteiger partial charge in [0.2, 0.25) is 0 Å². The second-order valence-corrected chi connectivity index (χ2v) is 12.0. The van der Waals surface area contributed by atoms with Crippen LogP contribution in [0.2, 0.25) is 0 Å². The lowest BCUT2D eigenvalue weighted by atomic mass is 9.79. The molecule has 0 saturated heterocycles. The topological polar surface area (TPSA) is 58.9 Å². The summed E-state index contributed by atoms with van der Waals surface area (Å²) in [5.74, 6) is 0. The molecule has 6 heteroatoms. The lowest BCUT2D eigenvalue weighted by Gasteiger charge is -2.37. The first kappa shape index (κ1) is 26.7. The number of benzene rings is 4. The smallest absolute Gasteiger partial charge is 0.309 e. The molecule has 0 aliphatic heterocycles. The molecule has 0 bridgehead atoms. The molecule has 0 saturated carbocycles. The largest absolute Gasteiger partial charge is 0.427 e. The van der Waals surface area contributed by atoms with Gasteiger partial charge in [-0.15, -0.1) is 0 Å². The van der Waals surface area contributed by atoms with E-state index in [-0.39, 0.29) is 0 Å². The van der Waals surface area contributed by atoms with E-state index in [1.807, 2.05) is 27.7 Å². The van der Waals surface area contributed by atoms with Crippen LogP contribution in [0.25, 0.3) is 32.3 Å². The second kappa shape index (κ2) is 9.18. The summed E-state index contributed by atoms with van der Waals surface area (Å²) in [7, 11) is 0.813. The van der Waals surface area contributed by atoms with Crippen molar-refractivity contribution in [3.05, 3.63) is 60.7 Å². The van der Waals surface area contributed by atoms with Gasteiger partial charge in [0.05, 0.1) is 22.4 Å². The van der Waals surface area contributed by atoms with Gasteiger partial charge in [0.15, 0.2) is 0 Å². The lowest BCUT2D eigenvalue weighted by molar-refractivity contribution is -0.0893. The van der Waals surface area contributed by atoms with Crippen LogP contribution in [0.5, 0.6) is 0 Å². The van der Waals surface area contributed by atoms with Gasteiger partial charge in [-0.1, -0.05) is 71.6 Å². The summed E-state index contributed by atoms with van der Waals surface area (Å²) in [4.78, 5) is 0. The Balaban J connectivity index is 1.80. The molecular weight excluding hydrogens is 446 g/mol. The van der Waals surface area contributed by atoms with Crippen LogP contribution in [0.4, 0.5) is 0 Å².